The molecule has 2 fully saturated rings. The standard InChI is InChI=1S/C35H40FNO5/c1-35(36,34(39)41-3)33(25-14-15-25)26-7-6-9-29(19-26)42-22-23-10-12-24(13-11-23)31-21-28(40-2)16-17-30(31)32(38)20-27-8-4-5-18-37-27/h4-9,16-19,21,23-25,33H,10-15,20,22H2,1-3H3/t23?,24?,33-,35?/m0/s1. The zero-order valence-electron chi connectivity index (χ0n) is 24.7. The number of carbonyl (C=O) groups is 2. The molecule has 5 rings (SSSR count). The number of alkyl halides is 1. The van der Waals surface area contributed by atoms with Crippen molar-refractivity contribution in [2.24, 2.45) is 11.8 Å². The molecule has 6 nitrogen and oxygen atoms in total. The van der Waals surface area contributed by atoms with Gasteiger partial charge in [0.2, 0.25) is 5.67 Å². The number of halogens is 1. The van der Waals surface area contributed by atoms with Crippen molar-refractivity contribution in [2.45, 2.75) is 69.4 Å². The second kappa shape index (κ2) is 13.1. The molecule has 0 radical (unpaired) electrons. The molecule has 0 saturated heterocycles. The number of ether oxygens (including phenoxy) is 3. The Labute approximate surface area is 247 Å². The molecule has 0 amide bonds. The van der Waals surface area contributed by atoms with Crippen LogP contribution in [-0.4, -0.2) is 43.2 Å². The Hall–Kier alpha value is -3.74. The van der Waals surface area contributed by atoms with Crippen LogP contribution in [-0.2, 0) is 16.0 Å². The van der Waals surface area contributed by atoms with Gasteiger partial charge in [-0.25, -0.2) is 9.18 Å². The summed E-state index contributed by atoms with van der Waals surface area (Å²) >= 11 is 0. The third kappa shape index (κ3) is 6.83. The average molecular weight is 574 g/mol. The van der Waals surface area contributed by atoms with Crippen molar-refractivity contribution in [3.8, 4) is 11.5 Å². The van der Waals surface area contributed by atoms with Gasteiger partial charge in [-0.05, 0) is 117 Å². The lowest BCUT2D eigenvalue weighted by Gasteiger charge is -2.30. The van der Waals surface area contributed by atoms with E-state index in [2.05, 4.69) is 4.98 Å². The van der Waals surface area contributed by atoms with Crippen molar-refractivity contribution in [3.63, 3.8) is 0 Å². The molecule has 1 unspecified atom stereocenters. The fourth-order valence-electron chi connectivity index (χ4n) is 6.46. The van der Waals surface area contributed by atoms with Crippen molar-refractivity contribution in [1.29, 1.82) is 0 Å². The molecule has 2 aliphatic rings. The number of pyridine rings is 1. The third-order valence-electron chi connectivity index (χ3n) is 8.88. The van der Waals surface area contributed by atoms with E-state index in [4.69, 9.17) is 14.2 Å². The summed E-state index contributed by atoms with van der Waals surface area (Å²) in [6.45, 7) is 1.89. The van der Waals surface area contributed by atoms with Crippen LogP contribution in [0.5, 0.6) is 11.5 Å². The number of benzene rings is 2. The zero-order chi connectivity index (χ0) is 29.7. The first-order chi connectivity index (χ1) is 20.3. The summed E-state index contributed by atoms with van der Waals surface area (Å²) in [5.74, 6) is 0.898. The summed E-state index contributed by atoms with van der Waals surface area (Å²) in [4.78, 5) is 29.9. The topological polar surface area (TPSA) is 74.7 Å². The summed E-state index contributed by atoms with van der Waals surface area (Å²) in [5.41, 5.74) is 1.24. The highest BCUT2D eigenvalue weighted by Crippen LogP contribution is 2.50. The van der Waals surface area contributed by atoms with Crippen molar-refractivity contribution < 1.29 is 28.2 Å². The summed E-state index contributed by atoms with van der Waals surface area (Å²) in [6.07, 6.45) is 7.64. The lowest BCUT2D eigenvalue weighted by molar-refractivity contribution is -0.155. The Morgan fingerprint density at radius 2 is 1.74 bits per heavy atom. The summed E-state index contributed by atoms with van der Waals surface area (Å²) in [7, 11) is 2.88. The molecule has 0 aliphatic heterocycles. The first-order valence-corrected chi connectivity index (χ1v) is 14.9. The molecule has 1 aromatic heterocycles. The molecule has 0 N–H and O–H groups in total. The number of carbonyl (C=O) groups excluding carboxylic acids is 2. The summed E-state index contributed by atoms with van der Waals surface area (Å²) < 4.78 is 32.1. The van der Waals surface area contributed by atoms with Gasteiger partial charge in [-0.2, -0.15) is 0 Å². The van der Waals surface area contributed by atoms with E-state index in [1.807, 2.05) is 60.7 Å². The quantitative estimate of drug-likeness (QED) is 0.168. The first kappa shape index (κ1) is 29.7. The van der Waals surface area contributed by atoms with Crippen LogP contribution in [0.4, 0.5) is 4.39 Å². The average Bonchev–Trinajstić information content (AvgIpc) is 3.85. The molecule has 3 aromatic rings. The maximum Gasteiger partial charge on any atom is 0.343 e. The zero-order valence-corrected chi connectivity index (χ0v) is 24.7. The number of ketones is 1. The van der Waals surface area contributed by atoms with Gasteiger partial charge in [0.1, 0.15) is 11.5 Å². The Morgan fingerprint density at radius 1 is 0.952 bits per heavy atom. The second-order valence-electron chi connectivity index (χ2n) is 11.9. The van der Waals surface area contributed by atoms with Crippen LogP contribution in [0.3, 0.4) is 0 Å². The maximum atomic E-state index is 15.6. The molecule has 0 spiro atoms. The highest BCUT2D eigenvalue weighted by atomic mass is 19.1. The van der Waals surface area contributed by atoms with Crippen molar-refractivity contribution in [1.82, 2.24) is 4.98 Å². The largest absolute Gasteiger partial charge is 0.497 e. The van der Waals surface area contributed by atoms with Crippen molar-refractivity contribution in [2.75, 3.05) is 20.8 Å². The number of rotatable bonds is 12. The monoisotopic (exact) mass is 573 g/mol. The molecule has 1 heterocycles. The van der Waals surface area contributed by atoms with Gasteiger partial charge in [-0.3, -0.25) is 9.78 Å². The van der Waals surface area contributed by atoms with Crippen LogP contribution in [0, 0.1) is 11.8 Å². The van der Waals surface area contributed by atoms with Gasteiger partial charge in [0.05, 0.1) is 27.2 Å². The Bertz CT molecular complexity index is 1380. The lowest BCUT2D eigenvalue weighted by Crippen LogP contribution is -2.39. The van der Waals surface area contributed by atoms with E-state index in [1.54, 1.807) is 13.3 Å². The number of aromatic nitrogens is 1. The normalized spacial score (nSPS) is 20.7. The molecule has 42 heavy (non-hydrogen) atoms. The summed E-state index contributed by atoms with van der Waals surface area (Å²) in [6, 6.07) is 18.9. The Morgan fingerprint density at radius 3 is 2.40 bits per heavy atom. The first-order valence-electron chi connectivity index (χ1n) is 14.9. The van der Waals surface area contributed by atoms with Crippen molar-refractivity contribution in [3.05, 3.63) is 89.2 Å². The predicted octanol–water partition coefficient (Wildman–Crippen LogP) is 7.26. The van der Waals surface area contributed by atoms with Crippen LogP contribution >= 0.6 is 0 Å². The predicted molar refractivity (Wildman–Crippen MR) is 159 cm³/mol. The van der Waals surface area contributed by atoms with Gasteiger partial charge in [-0.15, -0.1) is 0 Å². The Balaban J connectivity index is 1.22. The van der Waals surface area contributed by atoms with Gasteiger partial charge >= 0.3 is 5.97 Å². The second-order valence-corrected chi connectivity index (χ2v) is 11.9. The minimum absolute atomic E-state index is 0.0674. The number of methoxy groups -OCH3 is 2. The number of nitrogens with zero attached hydrogens (tertiary/aromatic N) is 1. The fourth-order valence-corrected chi connectivity index (χ4v) is 6.46. The lowest BCUT2D eigenvalue weighted by atomic mass is 9.77. The van der Waals surface area contributed by atoms with E-state index in [0.717, 1.165) is 66.7 Å². The van der Waals surface area contributed by atoms with E-state index in [9.17, 15) is 9.59 Å². The Kier molecular flexibility index (Phi) is 9.24. The smallest absolute Gasteiger partial charge is 0.343 e. The molecule has 2 aromatic carbocycles. The van der Waals surface area contributed by atoms with Gasteiger partial charge in [-0.1, -0.05) is 18.2 Å². The molecule has 2 aliphatic carbocycles. The van der Waals surface area contributed by atoms with E-state index in [0.29, 0.717) is 18.3 Å². The highest BCUT2D eigenvalue weighted by molar-refractivity contribution is 5.99. The SMILES string of the molecule is COC(=O)C(C)(F)[C@H](c1cccc(OCC2CCC(c3cc(OC)ccc3C(=O)Cc3ccccn3)CC2)c1)C1CC1. The van der Waals surface area contributed by atoms with E-state index in [-0.39, 0.29) is 24.0 Å². The van der Waals surface area contributed by atoms with E-state index in [1.165, 1.54) is 14.0 Å². The van der Waals surface area contributed by atoms with Crippen LogP contribution in [0.2, 0.25) is 0 Å². The third-order valence-corrected chi connectivity index (χ3v) is 8.88. The van der Waals surface area contributed by atoms with Gasteiger partial charge in [0, 0.05) is 23.4 Å². The van der Waals surface area contributed by atoms with Gasteiger partial charge in [0.25, 0.3) is 0 Å². The number of hydrogen-bond acceptors (Lipinski definition) is 6. The number of Topliss-reactive ketones (excluding diaryl/α,β-unsaturated/α-hetero) is 1. The molecule has 2 saturated carbocycles. The molecule has 7 heteroatoms. The van der Waals surface area contributed by atoms with Crippen LogP contribution < -0.4 is 9.47 Å². The molecule has 2 atom stereocenters. The van der Waals surface area contributed by atoms with E-state index >= 15 is 4.39 Å². The van der Waals surface area contributed by atoms with Gasteiger partial charge in [0.15, 0.2) is 5.78 Å². The number of hydrogen-bond donors (Lipinski definition) is 0. The van der Waals surface area contributed by atoms with Crippen LogP contribution in [0.1, 0.15) is 84.5 Å². The molecular formula is C35H40FNO5. The van der Waals surface area contributed by atoms with Crippen LogP contribution in [0.15, 0.2) is 66.9 Å². The van der Waals surface area contributed by atoms with Gasteiger partial charge < -0.3 is 14.2 Å². The van der Waals surface area contributed by atoms with Crippen molar-refractivity contribution >= 4 is 11.8 Å². The summed E-state index contributed by atoms with van der Waals surface area (Å²) in [5, 5.41) is 0. The fraction of sp³-hybridized carbons (Fsp3) is 0.457. The highest BCUT2D eigenvalue weighted by Gasteiger charge is 2.50. The van der Waals surface area contributed by atoms with E-state index < -0.39 is 17.6 Å². The van der Waals surface area contributed by atoms with Crippen LogP contribution in [0.25, 0.3) is 0 Å². The maximum absolute atomic E-state index is 15.6. The molecule has 0 bridgehead atoms. The molecular weight excluding hydrogens is 533 g/mol. The number of esters is 1. The molecule has 222 valence electrons. The minimum Gasteiger partial charge on any atom is -0.497 e. The minimum atomic E-state index is -2.09.